The van der Waals surface area contributed by atoms with E-state index in [-0.39, 0.29) is 24.2 Å². The largest absolute Gasteiger partial charge is 0.366 e. The number of amides is 2. The first kappa shape index (κ1) is 18.4. The number of nitrogens with zero attached hydrogens (tertiary/aromatic N) is 1. The molecule has 1 fully saturated rings. The fourth-order valence-electron chi connectivity index (χ4n) is 2.00. The molecular formula is C15H22ClN3O3. The smallest absolute Gasteiger partial charge is 0.254 e. The predicted molar refractivity (Wildman–Crippen MR) is 87.3 cm³/mol. The highest BCUT2D eigenvalue weighted by molar-refractivity contribution is 5.94. The van der Waals surface area contributed by atoms with Crippen LogP contribution in [0.2, 0.25) is 0 Å². The molecule has 2 amide bonds. The summed E-state index contributed by atoms with van der Waals surface area (Å²) in [7, 11) is 3.46. The van der Waals surface area contributed by atoms with E-state index in [4.69, 9.17) is 4.74 Å². The molecule has 0 aromatic heterocycles. The first-order valence-electron chi connectivity index (χ1n) is 6.98. The summed E-state index contributed by atoms with van der Waals surface area (Å²) in [5.74, 6) is -0.104. The van der Waals surface area contributed by atoms with Crippen LogP contribution in [0, 0.1) is 0 Å². The van der Waals surface area contributed by atoms with Crippen LogP contribution in [0.15, 0.2) is 24.3 Å². The van der Waals surface area contributed by atoms with Crippen molar-refractivity contribution in [2.45, 2.75) is 12.5 Å². The molecule has 0 aliphatic carbocycles. The summed E-state index contributed by atoms with van der Waals surface area (Å²) in [4.78, 5) is 25.2. The number of benzene rings is 1. The third-order valence-corrected chi connectivity index (χ3v) is 3.30. The molecule has 2 rings (SSSR count). The number of nitrogens with one attached hydrogen (secondary N) is 2. The van der Waals surface area contributed by atoms with Crippen LogP contribution in [0.25, 0.3) is 0 Å². The summed E-state index contributed by atoms with van der Waals surface area (Å²) in [6.07, 6.45) is -0.0922. The normalized spacial score (nSPS) is 17.3. The van der Waals surface area contributed by atoms with Gasteiger partial charge in [-0.1, -0.05) is 12.1 Å². The molecule has 2 N–H and O–H groups in total. The highest BCUT2D eigenvalue weighted by Crippen LogP contribution is 2.12. The van der Waals surface area contributed by atoms with E-state index in [1.807, 2.05) is 12.1 Å². The minimum atomic E-state index is -0.450. The molecule has 1 aliphatic heterocycles. The van der Waals surface area contributed by atoms with Gasteiger partial charge in [0.2, 0.25) is 5.91 Å². The maximum absolute atomic E-state index is 12.0. The van der Waals surface area contributed by atoms with Crippen molar-refractivity contribution in [1.29, 1.82) is 0 Å². The second-order valence-corrected chi connectivity index (χ2v) is 5.21. The number of halogens is 1. The van der Waals surface area contributed by atoms with E-state index in [0.29, 0.717) is 25.3 Å². The zero-order chi connectivity index (χ0) is 15.2. The van der Waals surface area contributed by atoms with Gasteiger partial charge in [0.25, 0.3) is 5.91 Å². The average Bonchev–Trinajstić information content (AvgIpc) is 2.50. The van der Waals surface area contributed by atoms with Gasteiger partial charge >= 0.3 is 0 Å². The molecule has 1 unspecified atom stereocenters. The first-order chi connectivity index (χ1) is 10.1. The van der Waals surface area contributed by atoms with Crippen molar-refractivity contribution in [1.82, 2.24) is 10.2 Å². The Labute approximate surface area is 136 Å². The zero-order valence-corrected chi connectivity index (χ0v) is 13.6. The van der Waals surface area contributed by atoms with Gasteiger partial charge in [-0.2, -0.15) is 0 Å². The molecule has 122 valence electrons. The van der Waals surface area contributed by atoms with Crippen molar-refractivity contribution in [2.75, 3.05) is 39.1 Å². The Bertz CT molecular complexity index is 499. The van der Waals surface area contributed by atoms with Crippen LogP contribution in [0.3, 0.4) is 0 Å². The third-order valence-electron chi connectivity index (χ3n) is 3.30. The third kappa shape index (κ3) is 5.29. The van der Waals surface area contributed by atoms with Gasteiger partial charge < -0.3 is 20.3 Å². The first-order valence-corrected chi connectivity index (χ1v) is 6.98. The van der Waals surface area contributed by atoms with Gasteiger partial charge in [0.15, 0.2) is 0 Å². The number of hydrogen-bond donors (Lipinski definition) is 2. The van der Waals surface area contributed by atoms with Crippen LogP contribution in [0.1, 0.15) is 5.56 Å². The summed E-state index contributed by atoms with van der Waals surface area (Å²) in [6, 6.07) is 7.28. The van der Waals surface area contributed by atoms with Crippen LogP contribution in [-0.2, 0) is 20.7 Å². The van der Waals surface area contributed by atoms with Crippen molar-refractivity contribution in [3.05, 3.63) is 29.8 Å². The van der Waals surface area contributed by atoms with Crippen LogP contribution in [0.4, 0.5) is 5.69 Å². The maximum Gasteiger partial charge on any atom is 0.254 e. The lowest BCUT2D eigenvalue weighted by Crippen LogP contribution is -2.45. The Hall–Kier alpha value is -1.63. The lowest BCUT2D eigenvalue weighted by Gasteiger charge is -2.22. The highest BCUT2D eigenvalue weighted by Gasteiger charge is 2.21. The molecule has 1 saturated heterocycles. The SMILES string of the molecule is CN(C)C(=O)Cc1ccc(NC(=O)C2CNCCO2)cc1.Cl. The van der Waals surface area contributed by atoms with Gasteiger partial charge in [-0.15, -0.1) is 12.4 Å². The molecule has 1 aliphatic rings. The quantitative estimate of drug-likeness (QED) is 0.852. The number of anilines is 1. The van der Waals surface area contributed by atoms with E-state index >= 15 is 0 Å². The van der Waals surface area contributed by atoms with Crippen LogP contribution in [0.5, 0.6) is 0 Å². The van der Waals surface area contributed by atoms with Gasteiger partial charge in [-0.05, 0) is 17.7 Å². The molecular weight excluding hydrogens is 306 g/mol. The Kier molecular flexibility index (Phi) is 7.31. The van der Waals surface area contributed by atoms with Crippen molar-refractivity contribution < 1.29 is 14.3 Å². The fourth-order valence-corrected chi connectivity index (χ4v) is 2.00. The van der Waals surface area contributed by atoms with Crippen molar-refractivity contribution in [3.8, 4) is 0 Å². The minimum Gasteiger partial charge on any atom is -0.366 e. The van der Waals surface area contributed by atoms with Crippen molar-refractivity contribution in [3.63, 3.8) is 0 Å². The van der Waals surface area contributed by atoms with E-state index in [1.165, 1.54) is 0 Å². The van der Waals surface area contributed by atoms with Gasteiger partial charge in [0, 0.05) is 32.9 Å². The number of ether oxygens (including phenoxy) is 1. The number of morpholine rings is 1. The molecule has 22 heavy (non-hydrogen) atoms. The Morgan fingerprint density at radius 3 is 2.55 bits per heavy atom. The summed E-state index contributed by atoms with van der Waals surface area (Å²) >= 11 is 0. The molecule has 0 saturated carbocycles. The van der Waals surface area contributed by atoms with Crippen molar-refractivity contribution >= 4 is 29.9 Å². The highest BCUT2D eigenvalue weighted by atomic mass is 35.5. The zero-order valence-electron chi connectivity index (χ0n) is 12.8. The lowest BCUT2D eigenvalue weighted by atomic mass is 10.1. The van der Waals surface area contributed by atoms with Gasteiger partial charge in [0.05, 0.1) is 13.0 Å². The predicted octanol–water partition coefficient (Wildman–Crippen LogP) is 0.666. The van der Waals surface area contributed by atoms with E-state index in [2.05, 4.69) is 10.6 Å². The summed E-state index contributed by atoms with van der Waals surface area (Å²) in [6.45, 7) is 1.85. The molecule has 0 bridgehead atoms. The maximum atomic E-state index is 12.0. The van der Waals surface area contributed by atoms with E-state index in [9.17, 15) is 9.59 Å². The number of hydrogen-bond acceptors (Lipinski definition) is 4. The number of likely N-dealkylation sites (N-methyl/N-ethyl adjacent to an activating group) is 1. The second-order valence-electron chi connectivity index (χ2n) is 5.21. The number of carbonyl (C=O) groups excluding carboxylic acids is 2. The van der Waals surface area contributed by atoms with E-state index in [1.54, 1.807) is 31.1 Å². The number of carbonyl (C=O) groups is 2. The lowest BCUT2D eigenvalue weighted by molar-refractivity contribution is -0.129. The molecule has 0 radical (unpaired) electrons. The molecule has 1 aromatic carbocycles. The van der Waals surface area contributed by atoms with Gasteiger partial charge in [-0.25, -0.2) is 0 Å². The van der Waals surface area contributed by atoms with Crippen molar-refractivity contribution in [2.24, 2.45) is 0 Å². The Balaban J connectivity index is 0.00000242. The summed E-state index contributed by atoms with van der Waals surface area (Å²) < 4.78 is 5.39. The van der Waals surface area contributed by atoms with E-state index in [0.717, 1.165) is 12.1 Å². The summed E-state index contributed by atoms with van der Waals surface area (Å²) in [5, 5.41) is 5.93. The standard InChI is InChI=1S/C15H21N3O3.ClH/c1-18(2)14(19)9-11-3-5-12(6-4-11)17-15(20)13-10-16-7-8-21-13;/h3-6,13,16H,7-10H2,1-2H3,(H,17,20);1H. The molecule has 6 nitrogen and oxygen atoms in total. The minimum absolute atomic E-state index is 0. The fraction of sp³-hybridized carbons (Fsp3) is 0.467. The van der Waals surface area contributed by atoms with Gasteiger partial charge in [0.1, 0.15) is 6.10 Å². The second kappa shape index (κ2) is 8.73. The molecule has 1 atom stereocenters. The molecule has 1 heterocycles. The van der Waals surface area contributed by atoms with Crippen LogP contribution < -0.4 is 10.6 Å². The molecule has 1 aromatic rings. The Morgan fingerprint density at radius 1 is 1.32 bits per heavy atom. The molecule has 7 heteroatoms. The van der Waals surface area contributed by atoms with Crippen LogP contribution in [-0.4, -0.2) is 56.6 Å². The van der Waals surface area contributed by atoms with E-state index < -0.39 is 6.10 Å². The average molecular weight is 328 g/mol. The number of rotatable bonds is 4. The molecule has 0 spiro atoms. The topological polar surface area (TPSA) is 70.7 Å². The summed E-state index contributed by atoms with van der Waals surface area (Å²) in [5.41, 5.74) is 1.62. The van der Waals surface area contributed by atoms with Gasteiger partial charge in [-0.3, -0.25) is 9.59 Å². The van der Waals surface area contributed by atoms with Crippen LogP contribution >= 0.6 is 12.4 Å². The monoisotopic (exact) mass is 327 g/mol. The Morgan fingerprint density at radius 2 is 2.00 bits per heavy atom.